The summed E-state index contributed by atoms with van der Waals surface area (Å²) >= 11 is 0. The molecule has 0 N–H and O–H groups in total. The van der Waals surface area contributed by atoms with Gasteiger partial charge in [-0.05, 0) is 31.7 Å². The molecule has 65 valence electrons. The summed E-state index contributed by atoms with van der Waals surface area (Å²) in [5, 5.41) is 0. The molecule has 0 saturated heterocycles. The molecule has 1 aromatic rings. The second kappa shape index (κ2) is 2.93. The van der Waals surface area contributed by atoms with Crippen molar-refractivity contribution in [1.82, 2.24) is 0 Å². The Kier molecular flexibility index (Phi) is 2.27. The lowest BCUT2D eigenvalue weighted by atomic mass is 9.85. The summed E-state index contributed by atoms with van der Waals surface area (Å²) in [7, 11) is 0. The van der Waals surface area contributed by atoms with Gasteiger partial charge in [-0.1, -0.05) is 43.2 Å². The van der Waals surface area contributed by atoms with Crippen LogP contribution in [0.5, 0.6) is 0 Å². The Bertz CT molecular complexity index is 256. The van der Waals surface area contributed by atoms with E-state index in [1.54, 1.807) is 0 Å². The van der Waals surface area contributed by atoms with Gasteiger partial charge in [0.25, 0.3) is 0 Å². The minimum atomic E-state index is 0.0246. The van der Waals surface area contributed by atoms with Crippen molar-refractivity contribution in [3.63, 3.8) is 0 Å². The van der Waals surface area contributed by atoms with E-state index in [1.807, 2.05) is 0 Å². The van der Waals surface area contributed by atoms with Crippen LogP contribution in [0.4, 0.5) is 0 Å². The van der Waals surface area contributed by atoms with E-state index in [1.165, 1.54) is 16.7 Å². The molecule has 0 fully saturated rings. The summed E-state index contributed by atoms with van der Waals surface area (Å²) in [5.41, 5.74) is 3.99. The van der Waals surface area contributed by atoms with Gasteiger partial charge in [-0.25, -0.2) is 0 Å². The van der Waals surface area contributed by atoms with Crippen molar-refractivity contribution in [2.75, 3.05) is 0 Å². The zero-order chi connectivity index (χ0) is 9.35. The minimum absolute atomic E-state index is 0.0246. The van der Waals surface area contributed by atoms with Crippen LogP contribution in [0.1, 0.15) is 30.5 Å². The normalized spacial score (nSPS) is 11.8. The van der Waals surface area contributed by atoms with Crippen molar-refractivity contribution >= 4 is 0 Å². The molecule has 0 aromatic heterocycles. The third kappa shape index (κ3) is 2.10. The van der Waals surface area contributed by atoms with Gasteiger partial charge in [0.05, 0.1) is 0 Å². The average molecular weight is 161 g/mol. The SMILES string of the molecule is [CH2]C(C)(C)c1cc(C)cc(C)c1. The molecule has 0 aliphatic carbocycles. The van der Waals surface area contributed by atoms with Crippen molar-refractivity contribution in [1.29, 1.82) is 0 Å². The average Bonchev–Trinajstić information content (AvgIpc) is 1.82. The highest BCUT2D eigenvalue weighted by molar-refractivity contribution is 5.33. The van der Waals surface area contributed by atoms with Crippen LogP contribution in [0.2, 0.25) is 0 Å². The van der Waals surface area contributed by atoms with Crippen LogP contribution >= 0.6 is 0 Å². The van der Waals surface area contributed by atoms with E-state index in [9.17, 15) is 0 Å². The summed E-state index contributed by atoms with van der Waals surface area (Å²) in [6, 6.07) is 6.61. The maximum atomic E-state index is 4.12. The molecule has 1 rings (SSSR count). The molecule has 0 unspecified atom stereocenters. The quantitative estimate of drug-likeness (QED) is 0.592. The van der Waals surface area contributed by atoms with E-state index >= 15 is 0 Å². The number of aryl methyl sites for hydroxylation is 2. The second-order valence-electron chi connectivity index (χ2n) is 4.26. The van der Waals surface area contributed by atoms with Crippen LogP contribution in [-0.4, -0.2) is 0 Å². The molecule has 1 aromatic carbocycles. The molecule has 0 heterocycles. The number of benzene rings is 1. The first-order valence-corrected chi connectivity index (χ1v) is 4.34. The standard InChI is InChI=1S/C12H17/c1-9-6-10(2)8-11(7-9)12(3,4)5/h6-8H,3H2,1-2,4-5H3. The van der Waals surface area contributed by atoms with E-state index in [-0.39, 0.29) is 5.41 Å². The van der Waals surface area contributed by atoms with E-state index in [0.29, 0.717) is 0 Å². The zero-order valence-corrected chi connectivity index (χ0v) is 8.44. The molecule has 0 atom stereocenters. The summed E-state index contributed by atoms with van der Waals surface area (Å²) in [4.78, 5) is 0. The topological polar surface area (TPSA) is 0 Å². The smallest absolute Gasteiger partial charge is 0.0103 e. The van der Waals surface area contributed by atoms with Gasteiger partial charge < -0.3 is 0 Å². The van der Waals surface area contributed by atoms with E-state index in [4.69, 9.17) is 0 Å². The van der Waals surface area contributed by atoms with Crippen molar-refractivity contribution < 1.29 is 0 Å². The number of hydrogen-bond donors (Lipinski definition) is 0. The maximum Gasteiger partial charge on any atom is -0.0103 e. The van der Waals surface area contributed by atoms with Gasteiger partial charge in [0, 0.05) is 0 Å². The number of rotatable bonds is 1. The Balaban J connectivity index is 3.18. The summed E-state index contributed by atoms with van der Waals surface area (Å²) in [6.07, 6.45) is 0. The first-order valence-electron chi connectivity index (χ1n) is 4.34. The zero-order valence-electron chi connectivity index (χ0n) is 8.44. The highest BCUT2D eigenvalue weighted by Gasteiger charge is 2.13. The number of hydrogen-bond acceptors (Lipinski definition) is 0. The largest absolute Gasteiger partial charge is 0.0564 e. The first-order chi connectivity index (χ1) is 5.39. The summed E-state index contributed by atoms with van der Waals surface area (Å²) in [5.74, 6) is 0. The Morgan fingerprint density at radius 1 is 1.00 bits per heavy atom. The Morgan fingerprint density at radius 2 is 1.42 bits per heavy atom. The van der Waals surface area contributed by atoms with Crippen LogP contribution in [0.25, 0.3) is 0 Å². The molecule has 0 heteroatoms. The Hall–Kier alpha value is -0.780. The van der Waals surface area contributed by atoms with Gasteiger partial charge in [0.2, 0.25) is 0 Å². The summed E-state index contributed by atoms with van der Waals surface area (Å²) in [6.45, 7) is 12.7. The molecule has 0 saturated carbocycles. The van der Waals surface area contributed by atoms with E-state index < -0.39 is 0 Å². The monoisotopic (exact) mass is 161 g/mol. The third-order valence-corrected chi connectivity index (χ3v) is 2.00. The summed E-state index contributed by atoms with van der Waals surface area (Å²) < 4.78 is 0. The molecule has 0 spiro atoms. The van der Waals surface area contributed by atoms with Crippen molar-refractivity contribution in [3.05, 3.63) is 41.8 Å². The molecule has 0 nitrogen and oxygen atoms in total. The second-order valence-corrected chi connectivity index (χ2v) is 4.26. The molecule has 0 bridgehead atoms. The van der Waals surface area contributed by atoms with E-state index in [0.717, 1.165) is 0 Å². The predicted octanol–water partition coefficient (Wildman–Crippen LogP) is 3.42. The van der Waals surface area contributed by atoms with E-state index in [2.05, 4.69) is 52.8 Å². The van der Waals surface area contributed by atoms with Crippen LogP contribution in [0, 0.1) is 20.8 Å². The first kappa shape index (κ1) is 9.31. The van der Waals surface area contributed by atoms with Crippen molar-refractivity contribution in [2.24, 2.45) is 0 Å². The van der Waals surface area contributed by atoms with Crippen molar-refractivity contribution in [3.8, 4) is 0 Å². The van der Waals surface area contributed by atoms with Crippen LogP contribution in [0.3, 0.4) is 0 Å². The van der Waals surface area contributed by atoms with Gasteiger partial charge in [-0.3, -0.25) is 0 Å². The van der Waals surface area contributed by atoms with Gasteiger partial charge in [-0.15, -0.1) is 0 Å². The fourth-order valence-electron chi connectivity index (χ4n) is 1.37. The third-order valence-electron chi connectivity index (χ3n) is 2.00. The lowest BCUT2D eigenvalue weighted by molar-refractivity contribution is 0.663. The molecular weight excluding hydrogens is 144 g/mol. The van der Waals surface area contributed by atoms with Gasteiger partial charge in [0.1, 0.15) is 0 Å². The van der Waals surface area contributed by atoms with Crippen LogP contribution in [0.15, 0.2) is 18.2 Å². The fraction of sp³-hybridized carbons (Fsp3) is 0.417. The van der Waals surface area contributed by atoms with Crippen LogP contribution < -0.4 is 0 Å². The Morgan fingerprint density at radius 3 is 1.75 bits per heavy atom. The minimum Gasteiger partial charge on any atom is -0.0564 e. The van der Waals surface area contributed by atoms with Crippen LogP contribution in [-0.2, 0) is 5.41 Å². The van der Waals surface area contributed by atoms with Gasteiger partial charge >= 0.3 is 0 Å². The lowest BCUT2D eigenvalue weighted by Gasteiger charge is -2.19. The van der Waals surface area contributed by atoms with Gasteiger partial charge in [-0.2, -0.15) is 0 Å². The van der Waals surface area contributed by atoms with Crippen molar-refractivity contribution in [2.45, 2.75) is 33.1 Å². The fourth-order valence-corrected chi connectivity index (χ4v) is 1.37. The lowest BCUT2D eigenvalue weighted by Crippen LogP contribution is -2.11. The molecule has 0 aliphatic heterocycles. The molecule has 0 amide bonds. The maximum absolute atomic E-state index is 4.12. The highest BCUT2D eigenvalue weighted by Crippen LogP contribution is 2.23. The predicted molar refractivity (Wildman–Crippen MR) is 54.3 cm³/mol. The molecule has 0 aliphatic rings. The highest BCUT2D eigenvalue weighted by atomic mass is 14.2. The molecule has 12 heavy (non-hydrogen) atoms. The molecular formula is C12H17. The Labute approximate surface area is 75.6 Å². The molecule has 1 radical (unpaired) electrons. The van der Waals surface area contributed by atoms with Gasteiger partial charge in [0.15, 0.2) is 0 Å².